The van der Waals surface area contributed by atoms with Crippen molar-refractivity contribution >= 4 is 27.9 Å². The summed E-state index contributed by atoms with van der Waals surface area (Å²) in [6.07, 6.45) is 1.10. The fourth-order valence-electron chi connectivity index (χ4n) is 1.88. The van der Waals surface area contributed by atoms with Gasteiger partial charge in [0, 0.05) is 39.0 Å². The molecular formula is C11H19N3O6S. The Hall–Kier alpha value is -1.68. The van der Waals surface area contributed by atoms with Crippen LogP contribution in [0.5, 0.6) is 0 Å². The third kappa shape index (κ3) is 6.08. The van der Waals surface area contributed by atoms with Gasteiger partial charge in [0.25, 0.3) is 0 Å². The van der Waals surface area contributed by atoms with Crippen LogP contribution < -0.4 is 5.32 Å². The van der Waals surface area contributed by atoms with Crippen molar-refractivity contribution in [1.29, 1.82) is 0 Å². The van der Waals surface area contributed by atoms with Gasteiger partial charge in [-0.15, -0.1) is 0 Å². The fourth-order valence-corrected chi connectivity index (χ4v) is 2.71. The standard InChI is InChI=1S/C11H19N3O6S/c1-21(19,20)14-7-5-13(6-8-14)11(18)12-9(15)3-2-4-10(16)17/h2-8H2,1H3,(H,16,17)(H,12,15,18). The molecule has 10 heteroatoms. The quantitative estimate of drug-likeness (QED) is 0.673. The lowest BCUT2D eigenvalue weighted by Crippen LogP contribution is -2.53. The Morgan fingerprint density at radius 2 is 1.67 bits per heavy atom. The zero-order chi connectivity index (χ0) is 16.0. The molecule has 0 bridgehead atoms. The molecule has 0 saturated carbocycles. The number of carbonyl (C=O) groups excluding carboxylic acids is 2. The molecule has 3 amide bonds. The normalized spacial score (nSPS) is 16.5. The average molecular weight is 321 g/mol. The van der Waals surface area contributed by atoms with E-state index in [0.717, 1.165) is 6.26 Å². The number of piperazine rings is 1. The van der Waals surface area contributed by atoms with Gasteiger partial charge in [-0.1, -0.05) is 0 Å². The zero-order valence-corrected chi connectivity index (χ0v) is 12.6. The van der Waals surface area contributed by atoms with Crippen LogP contribution in [0.15, 0.2) is 0 Å². The maximum Gasteiger partial charge on any atom is 0.324 e. The molecule has 1 saturated heterocycles. The third-order valence-electron chi connectivity index (χ3n) is 3.04. The van der Waals surface area contributed by atoms with Crippen molar-refractivity contribution in [2.45, 2.75) is 19.3 Å². The predicted octanol–water partition coefficient (Wildman–Crippen LogP) is -0.945. The van der Waals surface area contributed by atoms with Gasteiger partial charge in [-0.3, -0.25) is 14.9 Å². The fraction of sp³-hybridized carbons (Fsp3) is 0.727. The van der Waals surface area contributed by atoms with Gasteiger partial charge in [0.2, 0.25) is 15.9 Å². The molecule has 0 radical (unpaired) electrons. The third-order valence-corrected chi connectivity index (χ3v) is 4.34. The molecule has 0 atom stereocenters. The summed E-state index contributed by atoms with van der Waals surface area (Å²) in [6, 6.07) is -0.580. The van der Waals surface area contributed by atoms with E-state index in [4.69, 9.17) is 5.11 Å². The van der Waals surface area contributed by atoms with Gasteiger partial charge in [0.15, 0.2) is 0 Å². The van der Waals surface area contributed by atoms with E-state index in [1.807, 2.05) is 0 Å². The first kappa shape index (κ1) is 17.4. The predicted molar refractivity (Wildman–Crippen MR) is 73.0 cm³/mol. The van der Waals surface area contributed by atoms with Crippen molar-refractivity contribution in [3.8, 4) is 0 Å². The Morgan fingerprint density at radius 3 is 2.14 bits per heavy atom. The van der Waals surface area contributed by atoms with Crippen LogP contribution in [0.25, 0.3) is 0 Å². The summed E-state index contributed by atoms with van der Waals surface area (Å²) in [5.41, 5.74) is 0. The minimum atomic E-state index is -3.27. The van der Waals surface area contributed by atoms with E-state index in [1.165, 1.54) is 9.21 Å². The van der Waals surface area contributed by atoms with Crippen LogP contribution in [0.4, 0.5) is 4.79 Å². The number of rotatable bonds is 5. The Bertz CT molecular complexity index is 510. The number of carboxylic acids is 1. The summed E-state index contributed by atoms with van der Waals surface area (Å²) >= 11 is 0. The summed E-state index contributed by atoms with van der Waals surface area (Å²) in [6.45, 7) is 0.807. The van der Waals surface area contributed by atoms with E-state index in [9.17, 15) is 22.8 Å². The van der Waals surface area contributed by atoms with Crippen molar-refractivity contribution in [2.24, 2.45) is 0 Å². The number of aliphatic carboxylic acids is 1. The van der Waals surface area contributed by atoms with Crippen LogP contribution in [0, 0.1) is 0 Å². The number of urea groups is 1. The summed E-state index contributed by atoms with van der Waals surface area (Å²) in [5.74, 6) is -1.53. The van der Waals surface area contributed by atoms with E-state index in [2.05, 4.69) is 5.32 Å². The SMILES string of the molecule is CS(=O)(=O)N1CCN(C(=O)NC(=O)CCCC(=O)O)CC1. The molecule has 1 heterocycles. The van der Waals surface area contributed by atoms with Crippen LogP contribution in [-0.2, 0) is 19.6 Å². The minimum Gasteiger partial charge on any atom is -0.481 e. The second-order valence-electron chi connectivity index (χ2n) is 4.75. The largest absolute Gasteiger partial charge is 0.481 e. The highest BCUT2D eigenvalue weighted by Gasteiger charge is 2.26. The molecule has 0 aromatic heterocycles. The van der Waals surface area contributed by atoms with E-state index < -0.39 is 27.9 Å². The lowest BCUT2D eigenvalue weighted by Gasteiger charge is -2.32. The number of amides is 3. The number of hydrogen-bond acceptors (Lipinski definition) is 5. The number of nitrogens with one attached hydrogen (secondary N) is 1. The highest BCUT2D eigenvalue weighted by atomic mass is 32.2. The molecule has 21 heavy (non-hydrogen) atoms. The van der Waals surface area contributed by atoms with Crippen molar-refractivity contribution in [2.75, 3.05) is 32.4 Å². The smallest absolute Gasteiger partial charge is 0.324 e. The Labute approximate surface area is 122 Å². The number of imide groups is 1. The van der Waals surface area contributed by atoms with Gasteiger partial charge in [0.05, 0.1) is 6.26 Å². The molecule has 2 N–H and O–H groups in total. The molecule has 1 rings (SSSR count). The maximum absolute atomic E-state index is 11.8. The number of nitrogens with zero attached hydrogens (tertiary/aromatic N) is 2. The molecule has 0 spiro atoms. The van der Waals surface area contributed by atoms with Crippen LogP contribution in [0.2, 0.25) is 0 Å². The number of sulfonamides is 1. The van der Waals surface area contributed by atoms with Gasteiger partial charge >= 0.3 is 12.0 Å². The van der Waals surface area contributed by atoms with Crippen molar-refractivity contribution in [1.82, 2.24) is 14.5 Å². The van der Waals surface area contributed by atoms with Gasteiger partial charge < -0.3 is 10.0 Å². The van der Waals surface area contributed by atoms with Gasteiger partial charge in [-0.25, -0.2) is 13.2 Å². The molecular weight excluding hydrogens is 302 g/mol. The highest BCUT2D eigenvalue weighted by molar-refractivity contribution is 7.88. The minimum absolute atomic E-state index is 0.0403. The molecule has 1 aliphatic heterocycles. The maximum atomic E-state index is 11.8. The molecule has 0 aromatic rings. The first-order valence-electron chi connectivity index (χ1n) is 6.46. The summed E-state index contributed by atoms with van der Waals surface area (Å²) in [4.78, 5) is 34.9. The Kier molecular flexibility index (Phi) is 6.09. The first-order chi connectivity index (χ1) is 9.70. The van der Waals surface area contributed by atoms with Crippen LogP contribution in [0.3, 0.4) is 0 Å². The van der Waals surface area contributed by atoms with Crippen LogP contribution in [0.1, 0.15) is 19.3 Å². The summed E-state index contributed by atoms with van der Waals surface area (Å²) < 4.78 is 23.9. The first-order valence-corrected chi connectivity index (χ1v) is 8.30. The summed E-state index contributed by atoms with van der Waals surface area (Å²) in [7, 11) is -3.27. The Balaban J connectivity index is 2.34. The van der Waals surface area contributed by atoms with Crippen LogP contribution >= 0.6 is 0 Å². The van der Waals surface area contributed by atoms with Gasteiger partial charge in [0.1, 0.15) is 0 Å². The lowest BCUT2D eigenvalue weighted by atomic mass is 10.2. The molecule has 0 unspecified atom stereocenters. The highest BCUT2D eigenvalue weighted by Crippen LogP contribution is 2.06. The average Bonchev–Trinajstić information content (AvgIpc) is 2.37. The molecule has 1 fully saturated rings. The molecule has 1 aliphatic rings. The van der Waals surface area contributed by atoms with Gasteiger partial charge in [-0.2, -0.15) is 4.31 Å². The van der Waals surface area contributed by atoms with Crippen molar-refractivity contribution < 1.29 is 27.9 Å². The molecule has 0 aromatic carbocycles. The van der Waals surface area contributed by atoms with E-state index >= 15 is 0 Å². The zero-order valence-electron chi connectivity index (χ0n) is 11.7. The second-order valence-corrected chi connectivity index (χ2v) is 6.73. The second kappa shape index (κ2) is 7.36. The number of carbonyl (C=O) groups is 3. The lowest BCUT2D eigenvalue weighted by molar-refractivity contribution is -0.137. The van der Waals surface area contributed by atoms with Gasteiger partial charge in [-0.05, 0) is 6.42 Å². The number of carboxylic acid groups (broad SMARTS) is 1. The van der Waals surface area contributed by atoms with Crippen LogP contribution in [-0.4, -0.2) is 73.1 Å². The van der Waals surface area contributed by atoms with Crippen molar-refractivity contribution in [3.63, 3.8) is 0 Å². The molecule has 9 nitrogen and oxygen atoms in total. The molecule has 120 valence electrons. The molecule has 0 aliphatic carbocycles. The number of hydrogen-bond donors (Lipinski definition) is 2. The van der Waals surface area contributed by atoms with E-state index in [-0.39, 0.29) is 45.4 Å². The van der Waals surface area contributed by atoms with E-state index in [0.29, 0.717) is 0 Å². The monoisotopic (exact) mass is 321 g/mol. The topological polar surface area (TPSA) is 124 Å². The Morgan fingerprint density at radius 1 is 1.10 bits per heavy atom. The van der Waals surface area contributed by atoms with Crippen molar-refractivity contribution in [3.05, 3.63) is 0 Å². The van der Waals surface area contributed by atoms with E-state index in [1.54, 1.807) is 0 Å². The summed E-state index contributed by atoms with van der Waals surface area (Å²) in [5, 5.41) is 10.6.